The smallest absolute Gasteiger partial charge is 0.275 e. The Balaban J connectivity index is 1.86. The molecule has 0 saturated heterocycles. The third-order valence-corrected chi connectivity index (χ3v) is 3.00. The van der Waals surface area contributed by atoms with E-state index in [1.165, 1.54) is 28.9 Å². The number of nitrogens with zero attached hydrogens (tertiary/aromatic N) is 2. The fourth-order valence-electron chi connectivity index (χ4n) is 1.80. The number of carbonyl (C=O) groups excluding carboxylic acids is 1. The quantitative estimate of drug-likeness (QED) is 0.786. The number of hydrogen-bond donors (Lipinski definition) is 1. The Bertz CT molecular complexity index is 783. The van der Waals surface area contributed by atoms with Crippen molar-refractivity contribution in [2.45, 2.75) is 0 Å². The van der Waals surface area contributed by atoms with Crippen LogP contribution in [0.1, 0.15) is 10.5 Å². The molecule has 2 heterocycles. The summed E-state index contributed by atoms with van der Waals surface area (Å²) in [7, 11) is 0. The maximum atomic E-state index is 13.1. The second kappa shape index (κ2) is 4.94. The normalized spacial score (nSPS) is 10.7. The van der Waals surface area contributed by atoms with Crippen molar-refractivity contribution in [3.8, 4) is 0 Å². The van der Waals surface area contributed by atoms with Gasteiger partial charge in [0.05, 0.1) is 0 Å². The molecule has 0 radical (unpaired) electrons. The van der Waals surface area contributed by atoms with Gasteiger partial charge in [-0.15, -0.1) is 0 Å². The van der Waals surface area contributed by atoms with E-state index in [0.717, 1.165) is 0 Å². The highest BCUT2D eigenvalue weighted by molar-refractivity contribution is 6.30. The van der Waals surface area contributed by atoms with Crippen molar-refractivity contribution in [1.29, 1.82) is 0 Å². The number of hydrogen-bond acceptors (Lipinski definition) is 2. The molecule has 1 amide bonds. The first-order valence-corrected chi connectivity index (χ1v) is 6.21. The fourth-order valence-corrected chi connectivity index (χ4v) is 1.93. The topological polar surface area (TPSA) is 46.4 Å². The molecule has 0 aliphatic rings. The van der Waals surface area contributed by atoms with E-state index in [1.54, 1.807) is 24.3 Å². The molecule has 1 aromatic carbocycles. The van der Waals surface area contributed by atoms with Gasteiger partial charge in [-0.05, 0) is 36.4 Å². The van der Waals surface area contributed by atoms with Gasteiger partial charge in [0, 0.05) is 23.1 Å². The standard InChI is InChI=1S/C14H9ClFN3O/c15-9-1-4-11(5-2-9)17-14(20)12-8-19-7-10(16)3-6-13(19)18-12/h1-8H,(H,17,20). The molecule has 0 aliphatic heterocycles. The SMILES string of the molecule is O=C(Nc1ccc(Cl)cc1)c1cn2cc(F)ccc2n1. The monoisotopic (exact) mass is 289 g/mol. The molecule has 0 atom stereocenters. The first-order valence-electron chi connectivity index (χ1n) is 5.83. The highest BCUT2D eigenvalue weighted by Crippen LogP contribution is 2.15. The van der Waals surface area contributed by atoms with Crippen LogP contribution in [0.4, 0.5) is 10.1 Å². The summed E-state index contributed by atoms with van der Waals surface area (Å²) in [5.74, 6) is -0.754. The first-order chi connectivity index (χ1) is 9.61. The summed E-state index contributed by atoms with van der Waals surface area (Å²) in [5, 5.41) is 3.28. The molecule has 0 aliphatic carbocycles. The number of aromatic nitrogens is 2. The van der Waals surface area contributed by atoms with Gasteiger partial charge in [-0.3, -0.25) is 4.79 Å². The minimum absolute atomic E-state index is 0.213. The molecule has 0 bridgehead atoms. The van der Waals surface area contributed by atoms with E-state index in [0.29, 0.717) is 16.4 Å². The number of amides is 1. The lowest BCUT2D eigenvalue weighted by Gasteiger charge is -2.02. The van der Waals surface area contributed by atoms with Crippen LogP contribution in [0.15, 0.2) is 48.8 Å². The lowest BCUT2D eigenvalue weighted by atomic mass is 10.3. The van der Waals surface area contributed by atoms with Gasteiger partial charge in [0.25, 0.3) is 5.91 Å². The molecule has 6 heteroatoms. The highest BCUT2D eigenvalue weighted by atomic mass is 35.5. The molecule has 2 aromatic heterocycles. The fraction of sp³-hybridized carbons (Fsp3) is 0. The predicted octanol–water partition coefficient (Wildman–Crippen LogP) is 3.38. The van der Waals surface area contributed by atoms with E-state index < -0.39 is 0 Å². The average Bonchev–Trinajstić information content (AvgIpc) is 2.84. The van der Waals surface area contributed by atoms with Crippen LogP contribution in [0.3, 0.4) is 0 Å². The Kier molecular flexibility index (Phi) is 3.12. The lowest BCUT2D eigenvalue weighted by molar-refractivity contribution is 0.102. The van der Waals surface area contributed by atoms with E-state index in [9.17, 15) is 9.18 Å². The zero-order valence-electron chi connectivity index (χ0n) is 10.2. The van der Waals surface area contributed by atoms with Crippen LogP contribution in [0.2, 0.25) is 5.02 Å². The van der Waals surface area contributed by atoms with Crippen molar-refractivity contribution in [2.24, 2.45) is 0 Å². The Labute approximate surface area is 118 Å². The summed E-state index contributed by atoms with van der Waals surface area (Å²) in [5.41, 5.74) is 1.33. The lowest BCUT2D eigenvalue weighted by Crippen LogP contribution is -2.12. The molecule has 3 rings (SSSR count). The number of fused-ring (bicyclic) bond motifs is 1. The summed E-state index contributed by atoms with van der Waals surface area (Å²) in [4.78, 5) is 16.2. The largest absolute Gasteiger partial charge is 0.321 e. The molecule has 4 nitrogen and oxygen atoms in total. The van der Waals surface area contributed by atoms with Gasteiger partial charge >= 0.3 is 0 Å². The maximum Gasteiger partial charge on any atom is 0.275 e. The van der Waals surface area contributed by atoms with Crippen molar-refractivity contribution >= 4 is 28.8 Å². The second-order valence-electron chi connectivity index (χ2n) is 4.20. The summed E-state index contributed by atoms with van der Waals surface area (Å²) < 4.78 is 14.5. The van der Waals surface area contributed by atoms with Crippen LogP contribution in [0, 0.1) is 5.82 Å². The Morgan fingerprint density at radius 2 is 1.90 bits per heavy atom. The minimum atomic E-state index is -0.389. The van der Waals surface area contributed by atoms with Gasteiger partial charge < -0.3 is 9.72 Å². The number of nitrogens with one attached hydrogen (secondary N) is 1. The van der Waals surface area contributed by atoms with Gasteiger partial charge in [0.15, 0.2) is 0 Å². The molecule has 20 heavy (non-hydrogen) atoms. The van der Waals surface area contributed by atoms with Crippen LogP contribution in [0.25, 0.3) is 5.65 Å². The minimum Gasteiger partial charge on any atom is -0.321 e. The number of imidazole rings is 1. The molecule has 1 N–H and O–H groups in total. The van der Waals surface area contributed by atoms with E-state index in [-0.39, 0.29) is 17.4 Å². The number of pyridine rings is 1. The number of carbonyl (C=O) groups is 1. The molecule has 100 valence electrons. The van der Waals surface area contributed by atoms with Gasteiger partial charge in [0.2, 0.25) is 0 Å². The van der Waals surface area contributed by atoms with Crippen molar-refractivity contribution in [2.75, 3.05) is 5.32 Å². The molecule has 0 spiro atoms. The van der Waals surface area contributed by atoms with Crippen LogP contribution >= 0.6 is 11.6 Å². The summed E-state index contributed by atoms with van der Waals surface area (Å²) in [6.07, 6.45) is 2.74. The van der Waals surface area contributed by atoms with Crippen molar-refractivity contribution in [3.63, 3.8) is 0 Å². The molecule has 0 fully saturated rings. The molecule has 3 aromatic rings. The summed E-state index contributed by atoms with van der Waals surface area (Å²) in [6, 6.07) is 9.54. The zero-order chi connectivity index (χ0) is 14.1. The van der Waals surface area contributed by atoms with Crippen LogP contribution in [0.5, 0.6) is 0 Å². The Morgan fingerprint density at radius 1 is 1.15 bits per heavy atom. The second-order valence-corrected chi connectivity index (χ2v) is 4.64. The molecular formula is C14H9ClFN3O. The van der Waals surface area contributed by atoms with Crippen LogP contribution in [-0.2, 0) is 0 Å². The third-order valence-electron chi connectivity index (χ3n) is 2.75. The third kappa shape index (κ3) is 2.48. The maximum absolute atomic E-state index is 13.1. The summed E-state index contributed by atoms with van der Waals surface area (Å²) in [6.45, 7) is 0. The van der Waals surface area contributed by atoms with Crippen LogP contribution in [-0.4, -0.2) is 15.3 Å². The number of anilines is 1. The number of rotatable bonds is 2. The van der Waals surface area contributed by atoms with Gasteiger partial charge in [-0.1, -0.05) is 11.6 Å². The molecule has 0 saturated carbocycles. The van der Waals surface area contributed by atoms with E-state index in [1.807, 2.05) is 0 Å². The van der Waals surface area contributed by atoms with Crippen LogP contribution < -0.4 is 5.32 Å². The van der Waals surface area contributed by atoms with E-state index in [2.05, 4.69) is 10.3 Å². The average molecular weight is 290 g/mol. The Hall–Kier alpha value is -2.40. The molecular weight excluding hydrogens is 281 g/mol. The van der Waals surface area contributed by atoms with Crippen molar-refractivity contribution in [3.05, 3.63) is 65.3 Å². The number of halogens is 2. The van der Waals surface area contributed by atoms with E-state index in [4.69, 9.17) is 11.6 Å². The first kappa shape index (κ1) is 12.6. The van der Waals surface area contributed by atoms with E-state index >= 15 is 0 Å². The molecule has 0 unspecified atom stereocenters. The van der Waals surface area contributed by atoms with Crippen molar-refractivity contribution < 1.29 is 9.18 Å². The van der Waals surface area contributed by atoms with Gasteiger partial charge in [-0.25, -0.2) is 9.37 Å². The number of benzene rings is 1. The van der Waals surface area contributed by atoms with Gasteiger partial charge in [0.1, 0.15) is 17.2 Å². The zero-order valence-corrected chi connectivity index (χ0v) is 10.9. The summed E-state index contributed by atoms with van der Waals surface area (Å²) >= 11 is 5.77. The predicted molar refractivity (Wildman–Crippen MR) is 74.6 cm³/mol. The van der Waals surface area contributed by atoms with Crippen molar-refractivity contribution in [1.82, 2.24) is 9.38 Å². The Morgan fingerprint density at radius 3 is 2.65 bits per heavy atom. The highest BCUT2D eigenvalue weighted by Gasteiger charge is 2.11. The van der Waals surface area contributed by atoms with Gasteiger partial charge in [-0.2, -0.15) is 0 Å².